The molecule has 0 aromatic carbocycles. The highest BCUT2D eigenvalue weighted by Gasteiger charge is 2.51. The fourth-order valence-electron chi connectivity index (χ4n) is 3.12. The maximum absolute atomic E-state index is 11.7. The zero-order valence-electron chi connectivity index (χ0n) is 15.8. The number of esters is 3. The number of ether oxygens (including phenoxy) is 4. The third-order valence-electron chi connectivity index (χ3n) is 4.16. The highest BCUT2D eigenvalue weighted by Crippen LogP contribution is 2.39. The van der Waals surface area contributed by atoms with Crippen molar-refractivity contribution in [3.05, 3.63) is 12.0 Å². The molecule has 1 aromatic rings. The number of nitrogens with two attached hydrogens (primary N) is 1. The normalized spacial score (nSPS) is 28.0. The molecule has 3 rings (SSSR count). The number of hydrogen-bond acceptors (Lipinski definition) is 11. The summed E-state index contributed by atoms with van der Waals surface area (Å²) in [4.78, 5) is 42.7. The lowest BCUT2D eigenvalue weighted by Crippen LogP contribution is -2.40. The Balaban J connectivity index is 1.97. The number of nitrogens with zero attached hydrogens (tertiary/aromatic N) is 3. The number of alkyl halides is 1. The van der Waals surface area contributed by atoms with Gasteiger partial charge in [-0.3, -0.25) is 19.0 Å². The smallest absolute Gasteiger partial charge is 0.303 e. The third kappa shape index (κ3) is 4.43. The van der Waals surface area contributed by atoms with Crippen LogP contribution in [0.25, 0.3) is 0 Å². The number of guanidine groups is 1. The van der Waals surface area contributed by atoms with Crippen LogP contribution in [0.4, 0.5) is 5.82 Å². The van der Waals surface area contributed by atoms with Crippen LogP contribution in [-0.4, -0.2) is 58.3 Å². The van der Waals surface area contributed by atoms with E-state index in [0.29, 0.717) is 11.5 Å². The van der Waals surface area contributed by atoms with E-state index in [1.54, 1.807) is 0 Å². The summed E-state index contributed by atoms with van der Waals surface area (Å²) in [5, 5.41) is 2.84. The summed E-state index contributed by atoms with van der Waals surface area (Å²) in [7, 11) is 0. The average Bonchev–Trinajstić information content (AvgIpc) is 3.15. The van der Waals surface area contributed by atoms with Gasteiger partial charge in [-0.1, -0.05) is 11.6 Å². The number of rotatable bonds is 5. The molecule has 0 radical (unpaired) electrons. The molecular formula is C16H20ClN5O7. The van der Waals surface area contributed by atoms with Crippen molar-refractivity contribution in [1.29, 1.82) is 0 Å². The molecule has 29 heavy (non-hydrogen) atoms. The fourth-order valence-corrected chi connectivity index (χ4v) is 3.39. The molecule has 3 N–H and O–H groups in total. The lowest BCUT2D eigenvalue weighted by atomic mass is 10.1. The minimum atomic E-state index is -1.05. The van der Waals surface area contributed by atoms with Crippen molar-refractivity contribution in [2.24, 2.45) is 10.7 Å². The van der Waals surface area contributed by atoms with Crippen molar-refractivity contribution < 1.29 is 33.3 Å². The zero-order valence-corrected chi connectivity index (χ0v) is 16.6. The summed E-state index contributed by atoms with van der Waals surface area (Å²) in [5.74, 6) is -1.33. The van der Waals surface area contributed by atoms with E-state index in [0.717, 1.165) is 0 Å². The van der Waals surface area contributed by atoms with Crippen molar-refractivity contribution in [2.45, 2.75) is 50.8 Å². The number of anilines is 1. The van der Waals surface area contributed by atoms with Gasteiger partial charge >= 0.3 is 17.9 Å². The Bertz CT molecular complexity index is 857. The van der Waals surface area contributed by atoms with E-state index in [-0.39, 0.29) is 12.6 Å². The molecule has 2 aliphatic heterocycles. The quantitative estimate of drug-likeness (QED) is 0.286. The van der Waals surface area contributed by atoms with E-state index in [4.69, 9.17) is 36.3 Å². The van der Waals surface area contributed by atoms with Crippen molar-refractivity contribution in [3.8, 4) is 0 Å². The second-order valence-electron chi connectivity index (χ2n) is 6.38. The number of hydrogen-bond donors (Lipinski definition) is 2. The van der Waals surface area contributed by atoms with E-state index in [1.807, 2.05) is 0 Å². The largest absolute Gasteiger partial charge is 0.463 e. The van der Waals surface area contributed by atoms with E-state index < -0.39 is 47.9 Å². The molecule has 12 nitrogen and oxygen atoms in total. The van der Waals surface area contributed by atoms with Crippen LogP contribution in [0.3, 0.4) is 0 Å². The van der Waals surface area contributed by atoms with Gasteiger partial charge in [0.15, 0.2) is 29.9 Å². The molecule has 0 spiro atoms. The Hall–Kier alpha value is -2.86. The van der Waals surface area contributed by atoms with Crippen LogP contribution >= 0.6 is 11.6 Å². The monoisotopic (exact) mass is 429 g/mol. The number of nitrogens with one attached hydrogen (secondary N) is 1. The molecule has 0 aliphatic carbocycles. The van der Waals surface area contributed by atoms with Crippen LogP contribution in [0.2, 0.25) is 0 Å². The Labute approximate surface area is 170 Å². The lowest BCUT2D eigenvalue weighted by molar-refractivity contribution is -0.166. The molecule has 2 aliphatic rings. The molecule has 1 saturated heterocycles. The first-order chi connectivity index (χ1) is 13.7. The Morgan fingerprint density at radius 3 is 2.48 bits per heavy atom. The molecule has 5 atom stereocenters. The molecule has 1 fully saturated rings. The molecule has 1 aromatic heterocycles. The molecule has 3 unspecified atom stereocenters. The molecule has 3 heterocycles. The van der Waals surface area contributed by atoms with E-state index in [2.05, 4.69) is 15.3 Å². The summed E-state index contributed by atoms with van der Waals surface area (Å²) in [6.45, 7) is 3.43. The number of aromatic nitrogens is 2. The molecule has 0 saturated carbocycles. The number of halogens is 1. The maximum atomic E-state index is 11.7. The molecule has 0 amide bonds. The van der Waals surface area contributed by atoms with Crippen molar-refractivity contribution in [3.63, 3.8) is 0 Å². The fraction of sp³-hybridized carbons (Fsp3) is 0.562. The van der Waals surface area contributed by atoms with E-state index in [9.17, 15) is 14.4 Å². The summed E-state index contributed by atoms with van der Waals surface area (Å²) < 4.78 is 23.2. The van der Waals surface area contributed by atoms with Crippen LogP contribution in [0, 0.1) is 0 Å². The van der Waals surface area contributed by atoms with Gasteiger partial charge in [0.25, 0.3) is 0 Å². The topological polar surface area (TPSA) is 156 Å². The molecular weight excluding hydrogens is 410 g/mol. The second-order valence-corrected chi connectivity index (χ2v) is 6.79. The highest BCUT2D eigenvalue weighted by atomic mass is 35.5. The minimum absolute atomic E-state index is 0.0642. The first-order valence-electron chi connectivity index (χ1n) is 8.61. The minimum Gasteiger partial charge on any atom is -0.463 e. The van der Waals surface area contributed by atoms with Gasteiger partial charge in [-0.25, -0.2) is 9.98 Å². The number of carbonyl (C=O) groups is 3. The van der Waals surface area contributed by atoms with Gasteiger partial charge in [0.2, 0.25) is 0 Å². The van der Waals surface area contributed by atoms with Crippen molar-refractivity contribution in [2.75, 3.05) is 11.9 Å². The summed E-state index contributed by atoms with van der Waals surface area (Å²) in [6.07, 6.45) is -2.54. The Morgan fingerprint density at radius 2 is 1.86 bits per heavy atom. The summed E-state index contributed by atoms with van der Waals surface area (Å²) >= 11 is 6.16. The van der Waals surface area contributed by atoms with Gasteiger partial charge in [-0.05, 0) is 0 Å². The van der Waals surface area contributed by atoms with E-state index in [1.165, 1.54) is 31.7 Å². The van der Waals surface area contributed by atoms with Crippen LogP contribution in [0.1, 0.15) is 38.2 Å². The van der Waals surface area contributed by atoms with Crippen molar-refractivity contribution in [1.82, 2.24) is 9.55 Å². The molecule has 158 valence electrons. The summed E-state index contributed by atoms with van der Waals surface area (Å²) in [6, 6.07) is 0. The number of fused-ring (bicyclic) bond motifs is 1. The second kappa shape index (κ2) is 8.25. The van der Waals surface area contributed by atoms with Crippen LogP contribution in [-0.2, 0) is 33.3 Å². The number of carbonyl (C=O) groups excluding carboxylic acids is 3. The predicted octanol–water partition coefficient (Wildman–Crippen LogP) is 0.185. The molecule has 0 bridgehead atoms. The number of imidazole rings is 1. The maximum Gasteiger partial charge on any atom is 0.303 e. The number of aliphatic imine (C=N–C) groups is 1. The molecule has 13 heteroatoms. The van der Waals surface area contributed by atoms with Gasteiger partial charge in [-0.15, -0.1) is 0 Å². The Morgan fingerprint density at radius 1 is 1.21 bits per heavy atom. The first kappa shape index (κ1) is 20.9. The summed E-state index contributed by atoms with van der Waals surface area (Å²) in [5.41, 5.74) is 5.31. The van der Waals surface area contributed by atoms with Gasteiger partial charge in [0.05, 0.1) is 6.33 Å². The SMILES string of the molecule is CC(=O)OCC1OC(n2cnc3c2NC(N)=NC3Cl)[C@H](OC(C)=O)[C@@H]1OC(C)=O. The van der Waals surface area contributed by atoms with E-state index >= 15 is 0 Å². The van der Waals surface area contributed by atoms with Gasteiger partial charge < -0.3 is 30.0 Å². The Kier molecular flexibility index (Phi) is 5.94. The van der Waals surface area contributed by atoms with Crippen LogP contribution in [0.15, 0.2) is 11.3 Å². The highest BCUT2D eigenvalue weighted by molar-refractivity contribution is 6.22. The average molecular weight is 430 g/mol. The third-order valence-corrected chi connectivity index (χ3v) is 4.47. The van der Waals surface area contributed by atoms with Gasteiger partial charge in [0.1, 0.15) is 24.2 Å². The first-order valence-corrected chi connectivity index (χ1v) is 9.05. The van der Waals surface area contributed by atoms with Crippen molar-refractivity contribution >= 4 is 41.3 Å². The van der Waals surface area contributed by atoms with Crippen LogP contribution < -0.4 is 11.1 Å². The lowest BCUT2D eigenvalue weighted by Gasteiger charge is -2.25. The van der Waals surface area contributed by atoms with Crippen LogP contribution in [0.5, 0.6) is 0 Å². The zero-order chi connectivity index (χ0) is 21.3. The van der Waals surface area contributed by atoms with Gasteiger partial charge in [0, 0.05) is 20.8 Å². The predicted molar refractivity (Wildman–Crippen MR) is 97.7 cm³/mol. The van der Waals surface area contributed by atoms with Gasteiger partial charge in [-0.2, -0.15) is 0 Å². The standard InChI is InChI=1S/C16H20ClN5O7/c1-6(23)26-4-9-11(27-7(2)24)12(28-8(3)25)15(29-9)22-5-19-10-13(17)20-16(18)21-14(10)22/h5,9,11-13,15H,4H2,1-3H3,(H3,18,20,21)/t9?,11-,12-,13?,15?/m1/s1.